The zero-order valence-electron chi connectivity index (χ0n) is 15.1. The van der Waals surface area contributed by atoms with Crippen molar-refractivity contribution in [2.45, 2.75) is 19.0 Å². The van der Waals surface area contributed by atoms with Gasteiger partial charge in [-0.25, -0.2) is 17.6 Å². The van der Waals surface area contributed by atoms with Crippen LogP contribution in [0.15, 0.2) is 54.6 Å². The van der Waals surface area contributed by atoms with E-state index in [2.05, 4.69) is 0 Å². The average Bonchev–Trinajstić information content (AvgIpc) is 3.04. The summed E-state index contributed by atoms with van der Waals surface area (Å²) < 4.78 is 42.3. The number of nitrogens with zero attached hydrogens (tertiary/aromatic N) is 1. The first kappa shape index (κ1) is 20.0. The number of carbonyl (C=O) groups is 2. The smallest absolute Gasteiger partial charge is 0.341 e. The summed E-state index contributed by atoms with van der Waals surface area (Å²) in [6.45, 7) is -0.381. The van der Waals surface area contributed by atoms with Crippen molar-refractivity contribution in [2.75, 3.05) is 18.1 Å². The van der Waals surface area contributed by atoms with E-state index in [1.165, 1.54) is 23.1 Å². The molecule has 0 bridgehead atoms. The van der Waals surface area contributed by atoms with Crippen LogP contribution >= 0.6 is 0 Å². The van der Waals surface area contributed by atoms with Gasteiger partial charge < -0.3 is 9.64 Å². The van der Waals surface area contributed by atoms with E-state index >= 15 is 0 Å². The van der Waals surface area contributed by atoms with E-state index in [9.17, 15) is 22.4 Å². The molecule has 3 rings (SSSR count). The van der Waals surface area contributed by atoms with Crippen LogP contribution in [0.1, 0.15) is 22.3 Å². The predicted octanol–water partition coefficient (Wildman–Crippen LogP) is 2.20. The first-order valence-electron chi connectivity index (χ1n) is 8.81. The monoisotopic (exact) mass is 405 g/mol. The van der Waals surface area contributed by atoms with E-state index in [-0.39, 0.29) is 23.6 Å². The van der Waals surface area contributed by atoms with Crippen LogP contribution in [0.25, 0.3) is 0 Å². The highest BCUT2D eigenvalue weighted by Gasteiger charge is 2.35. The van der Waals surface area contributed by atoms with E-state index < -0.39 is 40.2 Å². The second kappa shape index (κ2) is 8.52. The number of amides is 1. The van der Waals surface area contributed by atoms with Gasteiger partial charge in [-0.3, -0.25) is 4.79 Å². The summed E-state index contributed by atoms with van der Waals surface area (Å²) >= 11 is 0. The van der Waals surface area contributed by atoms with Gasteiger partial charge in [0.15, 0.2) is 16.4 Å². The second-order valence-electron chi connectivity index (χ2n) is 6.62. The van der Waals surface area contributed by atoms with Crippen molar-refractivity contribution in [1.82, 2.24) is 4.90 Å². The van der Waals surface area contributed by atoms with Crippen LogP contribution in [0, 0.1) is 5.82 Å². The topological polar surface area (TPSA) is 80.8 Å². The number of rotatable bonds is 6. The second-order valence-corrected chi connectivity index (χ2v) is 8.85. The third kappa shape index (κ3) is 4.95. The van der Waals surface area contributed by atoms with Crippen molar-refractivity contribution in [2.24, 2.45) is 0 Å². The summed E-state index contributed by atoms with van der Waals surface area (Å²) in [7, 11) is -3.20. The number of carbonyl (C=O) groups excluding carboxylic acids is 2. The molecule has 0 N–H and O–H groups in total. The first-order valence-corrected chi connectivity index (χ1v) is 10.6. The molecule has 8 heteroatoms. The minimum Gasteiger partial charge on any atom is -0.452 e. The van der Waals surface area contributed by atoms with Crippen LogP contribution in [0.4, 0.5) is 4.39 Å². The Morgan fingerprint density at radius 1 is 1.07 bits per heavy atom. The molecule has 0 aliphatic carbocycles. The Kier molecular flexibility index (Phi) is 6.08. The van der Waals surface area contributed by atoms with Crippen LogP contribution in [0.3, 0.4) is 0 Å². The molecule has 1 aliphatic heterocycles. The highest BCUT2D eigenvalue weighted by Crippen LogP contribution is 2.20. The Bertz CT molecular complexity index is 962. The van der Waals surface area contributed by atoms with Gasteiger partial charge in [0, 0.05) is 12.6 Å². The van der Waals surface area contributed by atoms with Gasteiger partial charge in [-0.2, -0.15) is 0 Å². The Labute approximate surface area is 162 Å². The van der Waals surface area contributed by atoms with Crippen LogP contribution in [0.2, 0.25) is 0 Å². The van der Waals surface area contributed by atoms with Gasteiger partial charge in [0.2, 0.25) is 0 Å². The minimum absolute atomic E-state index is 0.0191. The first-order chi connectivity index (χ1) is 13.4. The lowest BCUT2D eigenvalue weighted by molar-refractivity contribution is -0.137. The third-order valence-electron chi connectivity index (χ3n) is 4.59. The molecule has 1 fully saturated rings. The number of hydrogen-bond donors (Lipinski definition) is 0. The largest absolute Gasteiger partial charge is 0.452 e. The summed E-state index contributed by atoms with van der Waals surface area (Å²) in [4.78, 5) is 26.2. The molecule has 0 saturated carbocycles. The highest BCUT2D eigenvalue weighted by atomic mass is 32.2. The van der Waals surface area contributed by atoms with Gasteiger partial charge in [-0.15, -0.1) is 0 Å². The van der Waals surface area contributed by atoms with Crippen LogP contribution < -0.4 is 0 Å². The number of halogens is 1. The lowest BCUT2D eigenvalue weighted by atomic mass is 10.1. The average molecular weight is 405 g/mol. The maximum absolute atomic E-state index is 13.7. The van der Waals surface area contributed by atoms with Crippen molar-refractivity contribution < 1.29 is 27.1 Å². The Morgan fingerprint density at radius 2 is 1.75 bits per heavy atom. The Morgan fingerprint density at radius 3 is 2.39 bits per heavy atom. The number of sulfone groups is 1. The number of benzene rings is 2. The van der Waals surface area contributed by atoms with Gasteiger partial charge in [0.1, 0.15) is 5.82 Å². The minimum atomic E-state index is -3.20. The van der Waals surface area contributed by atoms with Gasteiger partial charge >= 0.3 is 5.97 Å². The summed E-state index contributed by atoms with van der Waals surface area (Å²) in [6.07, 6.45) is 0.335. The normalized spacial score (nSPS) is 17.8. The Balaban J connectivity index is 1.71. The molecule has 1 saturated heterocycles. The molecule has 148 valence electrons. The molecule has 0 unspecified atom stereocenters. The molecule has 28 heavy (non-hydrogen) atoms. The summed E-state index contributed by atoms with van der Waals surface area (Å²) in [6, 6.07) is 14.0. The van der Waals surface area contributed by atoms with Gasteiger partial charge in [0.05, 0.1) is 17.1 Å². The molecule has 6 nitrogen and oxygen atoms in total. The lowest BCUT2D eigenvalue weighted by Crippen LogP contribution is -2.42. The molecule has 0 aromatic heterocycles. The molecular formula is C20H20FNO5S. The Hall–Kier alpha value is -2.74. The zero-order chi connectivity index (χ0) is 20.1. The van der Waals surface area contributed by atoms with E-state index in [0.29, 0.717) is 6.42 Å². The van der Waals surface area contributed by atoms with Crippen LogP contribution in [-0.2, 0) is 25.9 Å². The number of hydrogen-bond acceptors (Lipinski definition) is 5. The number of ether oxygens (including phenoxy) is 1. The maximum atomic E-state index is 13.7. The summed E-state index contributed by atoms with van der Waals surface area (Å²) in [5.41, 5.74) is 0.578. The maximum Gasteiger partial charge on any atom is 0.341 e. The fraction of sp³-hybridized carbons (Fsp3) is 0.300. The molecule has 1 atom stereocenters. The molecule has 1 amide bonds. The molecular weight excluding hydrogens is 385 g/mol. The van der Waals surface area contributed by atoms with E-state index in [1.54, 1.807) is 0 Å². The molecule has 0 spiro atoms. The molecule has 2 aromatic rings. The highest BCUT2D eigenvalue weighted by molar-refractivity contribution is 7.91. The molecule has 1 heterocycles. The van der Waals surface area contributed by atoms with Crippen molar-refractivity contribution >= 4 is 21.7 Å². The molecule has 1 aliphatic rings. The van der Waals surface area contributed by atoms with Crippen molar-refractivity contribution in [1.29, 1.82) is 0 Å². The van der Waals surface area contributed by atoms with Gasteiger partial charge in [0.25, 0.3) is 5.91 Å². The lowest BCUT2D eigenvalue weighted by Gasteiger charge is -2.28. The third-order valence-corrected chi connectivity index (χ3v) is 6.34. The van der Waals surface area contributed by atoms with E-state index in [0.717, 1.165) is 11.6 Å². The fourth-order valence-corrected chi connectivity index (χ4v) is 4.87. The number of esters is 1. The van der Waals surface area contributed by atoms with Gasteiger partial charge in [-0.05, 0) is 24.1 Å². The molecule has 2 aromatic carbocycles. The fourth-order valence-electron chi connectivity index (χ4n) is 3.14. The standard InChI is InChI=1S/C20H20FNO5S/c21-18-9-5-4-8-17(18)20(24)27-13-19(23)22(12-15-6-2-1-3-7-15)16-10-11-28(25,26)14-16/h1-9,16H,10-14H2/t16-/m0/s1. The van der Waals surface area contributed by atoms with E-state index in [1.807, 2.05) is 30.3 Å². The van der Waals surface area contributed by atoms with Crippen molar-refractivity contribution in [3.05, 3.63) is 71.5 Å². The summed E-state index contributed by atoms with van der Waals surface area (Å²) in [5, 5.41) is 0. The van der Waals surface area contributed by atoms with Gasteiger partial charge in [-0.1, -0.05) is 42.5 Å². The SMILES string of the molecule is O=C(OCC(=O)N(Cc1ccccc1)[C@H]1CCS(=O)(=O)C1)c1ccccc1F. The zero-order valence-corrected chi connectivity index (χ0v) is 15.9. The van der Waals surface area contributed by atoms with Crippen LogP contribution in [-0.4, -0.2) is 49.3 Å². The van der Waals surface area contributed by atoms with Crippen molar-refractivity contribution in [3.8, 4) is 0 Å². The quantitative estimate of drug-likeness (QED) is 0.689. The van der Waals surface area contributed by atoms with Crippen LogP contribution in [0.5, 0.6) is 0 Å². The van der Waals surface area contributed by atoms with Crippen molar-refractivity contribution in [3.63, 3.8) is 0 Å². The van der Waals surface area contributed by atoms with E-state index in [4.69, 9.17) is 4.74 Å². The predicted molar refractivity (Wildman–Crippen MR) is 101 cm³/mol. The molecule has 0 radical (unpaired) electrons. The summed E-state index contributed by atoms with van der Waals surface area (Å²) in [5.74, 6) is -2.29.